The SMILES string of the molecule is O=C(CN1CCCC1c1ccc2c(c1)OCO2)N1CCc2[nH]c3ccccc3c2C1. The quantitative estimate of drug-likeness (QED) is 0.726. The molecule has 0 aliphatic carbocycles. The van der Waals surface area contributed by atoms with E-state index in [-0.39, 0.29) is 18.7 Å². The lowest BCUT2D eigenvalue weighted by atomic mass is 10.0. The molecule has 1 atom stereocenters. The second-order valence-electron chi connectivity index (χ2n) is 8.43. The molecular formula is C24H25N3O3. The van der Waals surface area contributed by atoms with E-state index >= 15 is 0 Å². The second kappa shape index (κ2) is 7.06. The summed E-state index contributed by atoms with van der Waals surface area (Å²) in [6, 6.07) is 14.8. The molecule has 0 radical (unpaired) electrons. The standard InChI is InChI=1S/C24H25N3O3/c28-24(27-11-9-20-18(13-27)17-4-1-2-5-19(17)25-20)14-26-10-3-6-21(26)16-7-8-22-23(12-16)30-15-29-22/h1-2,4-5,7-8,12,21,25H,3,6,9-11,13-15H2. The Morgan fingerprint density at radius 1 is 1.10 bits per heavy atom. The number of hydrogen-bond donors (Lipinski definition) is 1. The summed E-state index contributed by atoms with van der Waals surface area (Å²) in [6.45, 7) is 3.19. The third-order valence-corrected chi connectivity index (χ3v) is 6.72. The molecule has 30 heavy (non-hydrogen) atoms. The maximum atomic E-state index is 13.2. The highest BCUT2D eigenvalue weighted by Gasteiger charge is 2.31. The molecule has 6 rings (SSSR count). The van der Waals surface area contributed by atoms with E-state index in [1.54, 1.807) is 0 Å². The summed E-state index contributed by atoms with van der Waals surface area (Å²) in [6.07, 6.45) is 3.07. The van der Waals surface area contributed by atoms with Gasteiger partial charge in [-0.15, -0.1) is 0 Å². The maximum Gasteiger partial charge on any atom is 0.237 e. The van der Waals surface area contributed by atoms with E-state index in [1.807, 2.05) is 11.0 Å². The number of likely N-dealkylation sites (tertiary alicyclic amines) is 1. The largest absolute Gasteiger partial charge is 0.454 e. The number of rotatable bonds is 3. The van der Waals surface area contributed by atoms with Gasteiger partial charge in [0.25, 0.3) is 0 Å². The zero-order valence-electron chi connectivity index (χ0n) is 16.9. The van der Waals surface area contributed by atoms with Gasteiger partial charge in [-0.2, -0.15) is 0 Å². The normalized spacial score (nSPS) is 20.7. The fourth-order valence-corrected chi connectivity index (χ4v) is 5.17. The smallest absolute Gasteiger partial charge is 0.237 e. The third kappa shape index (κ3) is 2.94. The highest BCUT2D eigenvalue weighted by atomic mass is 16.7. The molecule has 1 N–H and O–H groups in total. The van der Waals surface area contributed by atoms with E-state index in [9.17, 15) is 4.79 Å². The molecule has 1 saturated heterocycles. The van der Waals surface area contributed by atoms with Crippen molar-refractivity contribution in [2.24, 2.45) is 0 Å². The van der Waals surface area contributed by atoms with Gasteiger partial charge < -0.3 is 19.4 Å². The minimum Gasteiger partial charge on any atom is -0.454 e. The zero-order chi connectivity index (χ0) is 20.1. The third-order valence-electron chi connectivity index (χ3n) is 6.72. The van der Waals surface area contributed by atoms with Crippen LogP contribution in [0.15, 0.2) is 42.5 Å². The van der Waals surface area contributed by atoms with E-state index in [1.165, 1.54) is 27.7 Å². The first-order valence-corrected chi connectivity index (χ1v) is 10.8. The number of benzene rings is 2. The lowest BCUT2D eigenvalue weighted by Crippen LogP contribution is -2.42. The number of nitrogens with zero attached hydrogens (tertiary/aromatic N) is 2. The molecule has 6 heteroatoms. The monoisotopic (exact) mass is 403 g/mol. The Bertz CT molecular complexity index is 1120. The van der Waals surface area contributed by atoms with Crippen molar-refractivity contribution in [3.8, 4) is 11.5 Å². The summed E-state index contributed by atoms with van der Waals surface area (Å²) in [5, 5.41) is 1.24. The summed E-state index contributed by atoms with van der Waals surface area (Å²) in [5.41, 5.74) is 4.93. The van der Waals surface area contributed by atoms with Gasteiger partial charge in [0.1, 0.15) is 0 Å². The van der Waals surface area contributed by atoms with Crippen molar-refractivity contribution >= 4 is 16.8 Å². The molecule has 4 heterocycles. The van der Waals surface area contributed by atoms with Crippen LogP contribution in [0.25, 0.3) is 10.9 Å². The first-order chi connectivity index (χ1) is 14.8. The van der Waals surface area contributed by atoms with Gasteiger partial charge >= 0.3 is 0 Å². The van der Waals surface area contributed by atoms with Crippen molar-refractivity contribution < 1.29 is 14.3 Å². The van der Waals surface area contributed by atoms with Crippen LogP contribution in [-0.4, -0.2) is 47.1 Å². The molecule has 3 aliphatic heterocycles. The number of para-hydroxylation sites is 1. The molecule has 0 saturated carbocycles. The molecule has 1 fully saturated rings. The predicted molar refractivity (Wildman–Crippen MR) is 114 cm³/mol. The first kappa shape index (κ1) is 17.8. The van der Waals surface area contributed by atoms with E-state index in [2.05, 4.69) is 46.3 Å². The Morgan fingerprint density at radius 3 is 2.97 bits per heavy atom. The molecule has 0 bridgehead atoms. The number of carbonyl (C=O) groups excluding carboxylic acids is 1. The topological polar surface area (TPSA) is 57.8 Å². The number of carbonyl (C=O) groups is 1. The van der Waals surface area contributed by atoms with Gasteiger partial charge in [-0.1, -0.05) is 24.3 Å². The predicted octanol–water partition coefficient (Wildman–Crippen LogP) is 3.62. The van der Waals surface area contributed by atoms with E-state index < -0.39 is 0 Å². The van der Waals surface area contributed by atoms with Crippen LogP contribution < -0.4 is 9.47 Å². The minimum atomic E-state index is 0.221. The van der Waals surface area contributed by atoms with Crippen LogP contribution >= 0.6 is 0 Å². The Hall–Kier alpha value is -2.99. The Kier molecular flexibility index (Phi) is 4.20. The number of amides is 1. The van der Waals surface area contributed by atoms with Crippen LogP contribution in [-0.2, 0) is 17.8 Å². The van der Waals surface area contributed by atoms with Gasteiger partial charge in [-0.3, -0.25) is 9.69 Å². The Labute approximate surface area is 175 Å². The number of hydrogen-bond acceptors (Lipinski definition) is 4. The Morgan fingerprint density at radius 2 is 2.00 bits per heavy atom. The summed E-state index contributed by atoms with van der Waals surface area (Å²) < 4.78 is 11.0. The molecular weight excluding hydrogens is 378 g/mol. The van der Waals surface area contributed by atoms with Gasteiger partial charge in [0.15, 0.2) is 11.5 Å². The van der Waals surface area contributed by atoms with Crippen molar-refractivity contribution in [3.05, 3.63) is 59.3 Å². The number of H-pyrrole nitrogens is 1. The number of ether oxygens (including phenoxy) is 2. The van der Waals surface area contributed by atoms with Crippen LogP contribution in [0.1, 0.15) is 35.7 Å². The molecule has 1 unspecified atom stereocenters. The fourth-order valence-electron chi connectivity index (χ4n) is 5.17. The lowest BCUT2D eigenvalue weighted by Gasteiger charge is -2.31. The molecule has 3 aliphatic rings. The van der Waals surface area contributed by atoms with Gasteiger partial charge in [0, 0.05) is 47.7 Å². The molecule has 0 spiro atoms. The molecule has 154 valence electrons. The average Bonchev–Trinajstić information content (AvgIpc) is 3.50. The summed E-state index contributed by atoms with van der Waals surface area (Å²) in [5.74, 6) is 1.84. The number of fused-ring (bicyclic) bond motifs is 4. The van der Waals surface area contributed by atoms with Crippen LogP contribution in [0.5, 0.6) is 11.5 Å². The number of aromatic nitrogens is 1. The fraction of sp³-hybridized carbons (Fsp3) is 0.375. The molecule has 6 nitrogen and oxygen atoms in total. The van der Waals surface area contributed by atoms with E-state index in [0.29, 0.717) is 13.1 Å². The number of nitrogens with one attached hydrogen (secondary N) is 1. The van der Waals surface area contributed by atoms with Gasteiger partial charge in [-0.05, 0) is 43.1 Å². The highest BCUT2D eigenvalue weighted by molar-refractivity contribution is 5.86. The minimum absolute atomic E-state index is 0.221. The molecule has 2 aromatic carbocycles. The van der Waals surface area contributed by atoms with Crippen LogP contribution in [0.3, 0.4) is 0 Å². The van der Waals surface area contributed by atoms with Crippen molar-refractivity contribution in [2.75, 3.05) is 26.4 Å². The van der Waals surface area contributed by atoms with Crippen molar-refractivity contribution in [2.45, 2.75) is 31.8 Å². The maximum absolute atomic E-state index is 13.2. The van der Waals surface area contributed by atoms with Gasteiger partial charge in [0.05, 0.1) is 6.54 Å². The summed E-state index contributed by atoms with van der Waals surface area (Å²) >= 11 is 0. The van der Waals surface area contributed by atoms with Crippen LogP contribution in [0, 0.1) is 0 Å². The number of aromatic amines is 1. The Balaban J connectivity index is 1.18. The molecule has 1 amide bonds. The van der Waals surface area contributed by atoms with Crippen LogP contribution in [0.4, 0.5) is 0 Å². The van der Waals surface area contributed by atoms with E-state index in [4.69, 9.17) is 9.47 Å². The second-order valence-corrected chi connectivity index (χ2v) is 8.43. The zero-order valence-corrected chi connectivity index (χ0v) is 16.9. The van der Waals surface area contributed by atoms with Crippen molar-refractivity contribution in [1.29, 1.82) is 0 Å². The lowest BCUT2D eigenvalue weighted by molar-refractivity contribution is -0.133. The van der Waals surface area contributed by atoms with Gasteiger partial charge in [-0.25, -0.2) is 0 Å². The average molecular weight is 403 g/mol. The van der Waals surface area contributed by atoms with Crippen LogP contribution in [0.2, 0.25) is 0 Å². The van der Waals surface area contributed by atoms with Crippen molar-refractivity contribution in [1.82, 2.24) is 14.8 Å². The van der Waals surface area contributed by atoms with Gasteiger partial charge in [0.2, 0.25) is 12.7 Å². The summed E-state index contributed by atoms with van der Waals surface area (Å²) in [4.78, 5) is 21.1. The highest BCUT2D eigenvalue weighted by Crippen LogP contribution is 2.39. The first-order valence-electron chi connectivity index (χ1n) is 10.8. The molecule has 3 aromatic rings. The van der Waals surface area contributed by atoms with Crippen molar-refractivity contribution in [3.63, 3.8) is 0 Å². The summed E-state index contributed by atoms with van der Waals surface area (Å²) in [7, 11) is 0. The molecule has 1 aromatic heterocycles. The van der Waals surface area contributed by atoms with E-state index in [0.717, 1.165) is 43.9 Å².